The molecule has 1 N–H and O–H groups in total. The molecule has 0 bridgehead atoms. The number of carboxylic acid groups (broad SMARTS) is 1. The van der Waals surface area contributed by atoms with Crippen molar-refractivity contribution in [1.82, 2.24) is 9.97 Å². The Bertz CT molecular complexity index is 799. The Morgan fingerprint density at radius 3 is 1.52 bits per heavy atom. The molecule has 0 spiro atoms. The Hall–Kier alpha value is -2.43. The summed E-state index contributed by atoms with van der Waals surface area (Å²) in [7, 11) is 0. The van der Waals surface area contributed by atoms with Crippen molar-refractivity contribution in [1.29, 1.82) is 0 Å². The molecule has 6 heteroatoms. The first-order valence-corrected chi connectivity index (χ1v) is 7.43. The summed E-state index contributed by atoms with van der Waals surface area (Å²) >= 11 is 11.8. The Balaban J connectivity index is 2.15. The van der Waals surface area contributed by atoms with E-state index in [0.29, 0.717) is 21.4 Å². The number of nitrogens with zero attached hydrogens (tertiary/aromatic N) is 2. The molecule has 0 fully saturated rings. The van der Waals surface area contributed by atoms with E-state index in [0.717, 1.165) is 11.1 Å². The zero-order chi connectivity index (χ0) is 16.4. The van der Waals surface area contributed by atoms with Crippen LogP contribution in [0.15, 0.2) is 54.6 Å². The Morgan fingerprint density at radius 1 is 0.783 bits per heavy atom. The Morgan fingerprint density at radius 2 is 1.17 bits per heavy atom. The van der Waals surface area contributed by atoms with E-state index in [4.69, 9.17) is 23.2 Å². The molecule has 0 aliphatic carbocycles. The van der Waals surface area contributed by atoms with E-state index in [1.165, 1.54) is 0 Å². The first kappa shape index (κ1) is 15.5. The predicted molar refractivity (Wildman–Crippen MR) is 89.9 cm³/mol. The quantitative estimate of drug-likeness (QED) is 0.739. The first-order valence-electron chi connectivity index (χ1n) is 6.67. The minimum Gasteiger partial charge on any atom is -0.475 e. The molecule has 0 unspecified atom stereocenters. The third-order valence-corrected chi connectivity index (χ3v) is 3.70. The molecular weight excluding hydrogens is 335 g/mol. The van der Waals surface area contributed by atoms with Crippen molar-refractivity contribution in [2.45, 2.75) is 0 Å². The largest absolute Gasteiger partial charge is 0.475 e. The van der Waals surface area contributed by atoms with Crippen LogP contribution in [-0.2, 0) is 0 Å². The maximum atomic E-state index is 11.3. The third-order valence-electron chi connectivity index (χ3n) is 3.20. The lowest BCUT2D eigenvalue weighted by molar-refractivity contribution is 0.0683. The normalized spacial score (nSPS) is 10.5. The van der Waals surface area contributed by atoms with Gasteiger partial charge in [-0.2, -0.15) is 0 Å². The van der Waals surface area contributed by atoms with E-state index in [2.05, 4.69) is 9.97 Å². The highest BCUT2D eigenvalue weighted by Crippen LogP contribution is 2.26. The van der Waals surface area contributed by atoms with Crippen molar-refractivity contribution in [3.63, 3.8) is 0 Å². The lowest BCUT2D eigenvalue weighted by Crippen LogP contribution is -2.06. The topological polar surface area (TPSA) is 63.1 Å². The number of hydrogen-bond acceptors (Lipinski definition) is 3. The molecular formula is C17H10Cl2N2O2. The summed E-state index contributed by atoms with van der Waals surface area (Å²) < 4.78 is 0. The molecule has 23 heavy (non-hydrogen) atoms. The number of rotatable bonds is 3. The van der Waals surface area contributed by atoms with Gasteiger partial charge in [-0.25, -0.2) is 14.8 Å². The molecule has 0 radical (unpaired) electrons. The van der Waals surface area contributed by atoms with Crippen LogP contribution < -0.4 is 0 Å². The first-order chi connectivity index (χ1) is 11.0. The summed E-state index contributed by atoms with van der Waals surface area (Å²) in [4.78, 5) is 19.5. The van der Waals surface area contributed by atoms with Gasteiger partial charge in [0.1, 0.15) is 0 Å². The van der Waals surface area contributed by atoms with Crippen LogP contribution >= 0.6 is 23.2 Å². The molecule has 0 aliphatic heterocycles. The molecule has 3 rings (SSSR count). The standard InChI is InChI=1S/C17H10Cl2N2O2/c18-12-5-1-10(2-6-12)14-9-15(21-16(20-14)17(22)23)11-3-7-13(19)8-4-11/h1-9H,(H,22,23). The van der Waals surface area contributed by atoms with Crippen LogP contribution in [0.4, 0.5) is 0 Å². The summed E-state index contributed by atoms with van der Waals surface area (Å²) in [6.45, 7) is 0. The van der Waals surface area contributed by atoms with E-state index >= 15 is 0 Å². The summed E-state index contributed by atoms with van der Waals surface area (Å²) in [6.07, 6.45) is 0. The van der Waals surface area contributed by atoms with E-state index < -0.39 is 5.97 Å². The van der Waals surface area contributed by atoms with Crippen LogP contribution in [-0.4, -0.2) is 21.0 Å². The summed E-state index contributed by atoms with van der Waals surface area (Å²) in [5.41, 5.74) is 2.54. The molecule has 0 saturated heterocycles. The SMILES string of the molecule is O=C(O)c1nc(-c2ccc(Cl)cc2)cc(-c2ccc(Cl)cc2)n1. The second kappa shape index (κ2) is 6.36. The van der Waals surface area contributed by atoms with Crippen LogP contribution in [0.5, 0.6) is 0 Å². The second-order valence-electron chi connectivity index (χ2n) is 4.78. The van der Waals surface area contributed by atoms with Gasteiger partial charge in [0.2, 0.25) is 5.82 Å². The van der Waals surface area contributed by atoms with E-state index in [1.54, 1.807) is 54.6 Å². The average Bonchev–Trinajstić information content (AvgIpc) is 2.55. The zero-order valence-electron chi connectivity index (χ0n) is 11.7. The van der Waals surface area contributed by atoms with Crippen molar-refractivity contribution >= 4 is 29.2 Å². The molecule has 1 heterocycles. The van der Waals surface area contributed by atoms with Gasteiger partial charge in [-0.05, 0) is 30.3 Å². The number of hydrogen-bond donors (Lipinski definition) is 1. The van der Waals surface area contributed by atoms with Gasteiger partial charge in [-0.1, -0.05) is 47.5 Å². The molecule has 0 atom stereocenters. The number of aromatic nitrogens is 2. The zero-order valence-corrected chi connectivity index (χ0v) is 13.2. The van der Waals surface area contributed by atoms with Crippen molar-refractivity contribution in [2.75, 3.05) is 0 Å². The lowest BCUT2D eigenvalue weighted by atomic mass is 10.1. The lowest BCUT2D eigenvalue weighted by Gasteiger charge is -2.07. The molecule has 1 aromatic heterocycles. The number of benzene rings is 2. The van der Waals surface area contributed by atoms with Crippen LogP contribution in [0.3, 0.4) is 0 Å². The fraction of sp³-hybridized carbons (Fsp3) is 0. The van der Waals surface area contributed by atoms with Crippen LogP contribution in [0, 0.1) is 0 Å². The van der Waals surface area contributed by atoms with Gasteiger partial charge in [0.15, 0.2) is 0 Å². The second-order valence-corrected chi connectivity index (χ2v) is 5.65. The van der Waals surface area contributed by atoms with Gasteiger partial charge in [0, 0.05) is 21.2 Å². The van der Waals surface area contributed by atoms with Gasteiger partial charge in [-0.3, -0.25) is 0 Å². The number of carbonyl (C=O) groups is 1. The molecule has 4 nitrogen and oxygen atoms in total. The highest BCUT2D eigenvalue weighted by molar-refractivity contribution is 6.30. The van der Waals surface area contributed by atoms with E-state index in [9.17, 15) is 9.90 Å². The maximum Gasteiger partial charge on any atom is 0.373 e. The van der Waals surface area contributed by atoms with Crippen LogP contribution in [0.2, 0.25) is 10.0 Å². The summed E-state index contributed by atoms with van der Waals surface area (Å²) in [6, 6.07) is 15.7. The van der Waals surface area contributed by atoms with Crippen LogP contribution in [0.1, 0.15) is 10.6 Å². The van der Waals surface area contributed by atoms with Gasteiger partial charge < -0.3 is 5.11 Å². The fourth-order valence-electron chi connectivity index (χ4n) is 2.08. The van der Waals surface area contributed by atoms with Crippen molar-refractivity contribution < 1.29 is 9.90 Å². The minimum atomic E-state index is -1.18. The molecule has 3 aromatic rings. The van der Waals surface area contributed by atoms with Gasteiger partial charge >= 0.3 is 5.97 Å². The molecule has 0 aliphatic rings. The highest BCUT2D eigenvalue weighted by atomic mass is 35.5. The Kier molecular flexibility index (Phi) is 4.28. The third kappa shape index (κ3) is 3.50. The fourth-order valence-corrected chi connectivity index (χ4v) is 2.33. The Labute approximate surface area is 142 Å². The monoisotopic (exact) mass is 344 g/mol. The molecule has 114 valence electrons. The van der Waals surface area contributed by atoms with Gasteiger partial charge in [-0.15, -0.1) is 0 Å². The van der Waals surface area contributed by atoms with Crippen molar-refractivity contribution in [2.24, 2.45) is 0 Å². The van der Waals surface area contributed by atoms with E-state index in [-0.39, 0.29) is 5.82 Å². The smallest absolute Gasteiger partial charge is 0.373 e. The van der Waals surface area contributed by atoms with Gasteiger partial charge in [0.05, 0.1) is 11.4 Å². The summed E-state index contributed by atoms with van der Waals surface area (Å²) in [5, 5.41) is 10.4. The molecule has 0 saturated carbocycles. The van der Waals surface area contributed by atoms with E-state index in [1.807, 2.05) is 0 Å². The average molecular weight is 345 g/mol. The minimum absolute atomic E-state index is 0.262. The highest BCUT2D eigenvalue weighted by Gasteiger charge is 2.13. The number of carboxylic acids is 1. The van der Waals surface area contributed by atoms with Crippen molar-refractivity contribution in [3.8, 4) is 22.5 Å². The summed E-state index contributed by atoms with van der Waals surface area (Å²) in [5.74, 6) is -1.45. The number of aromatic carboxylic acids is 1. The maximum absolute atomic E-state index is 11.3. The predicted octanol–water partition coefficient (Wildman–Crippen LogP) is 4.82. The van der Waals surface area contributed by atoms with Crippen LogP contribution in [0.25, 0.3) is 22.5 Å². The van der Waals surface area contributed by atoms with Crippen molar-refractivity contribution in [3.05, 3.63) is 70.5 Å². The molecule has 0 amide bonds. The molecule has 2 aromatic carbocycles. The number of halogens is 2. The van der Waals surface area contributed by atoms with Gasteiger partial charge in [0.25, 0.3) is 0 Å².